The molecule has 2 radical (unpaired) electrons. The van der Waals surface area contributed by atoms with Crippen LogP contribution in [0.3, 0.4) is 0 Å². The van der Waals surface area contributed by atoms with Crippen molar-refractivity contribution < 1.29 is 37.6 Å². The summed E-state index contributed by atoms with van der Waals surface area (Å²) < 4.78 is 0. The second-order valence-corrected chi connectivity index (χ2v) is 0. The summed E-state index contributed by atoms with van der Waals surface area (Å²) in [6.07, 6.45) is 0. The van der Waals surface area contributed by atoms with Crippen molar-refractivity contribution in [2.24, 2.45) is 0 Å². The van der Waals surface area contributed by atoms with Crippen molar-refractivity contribution in [2.45, 2.75) is 0 Å². The predicted octanol–water partition coefficient (Wildman–Crippen LogP) is -0.273. The Bertz CT molecular complexity index is 8.00. The second kappa shape index (κ2) is 18.0. The van der Waals surface area contributed by atoms with Crippen LogP contribution in [0.15, 0.2) is 0 Å². The summed E-state index contributed by atoms with van der Waals surface area (Å²) in [7, 11) is 4.21. The average molecular weight is 403 g/mol. The van der Waals surface area contributed by atoms with E-state index in [9.17, 15) is 0 Å². The standard InChI is InChI=1S/Mo.Pb.S.Zn.2H. The van der Waals surface area contributed by atoms with E-state index in [-0.39, 0.29) is 48.4 Å². The topological polar surface area (TPSA) is 0 Å². The second-order valence-electron chi connectivity index (χ2n) is 0. The van der Waals surface area contributed by atoms with E-state index in [0.29, 0.717) is 0 Å². The first kappa shape index (κ1) is 16.1. The van der Waals surface area contributed by atoms with Gasteiger partial charge < -0.3 is 0 Å². The molecule has 0 aliphatic rings. The molecule has 0 unspecified atom stereocenters. The van der Waals surface area contributed by atoms with Gasteiger partial charge >= 0.3 is 54.0 Å². The molecule has 0 aromatic rings. The molecular formula is H2MoPbSZn. The van der Waals surface area contributed by atoms with Gasteiger partial charge in [0.1, 0.15) is 0 Å². The molecule has 0 aromatic heterocycles. The molecule has 0 saturated heterocycles. The Hall–Kier alpha value is 2.45. The molecule has 0 aliphatic heterocycles. The van der Waals surface area contributed by atoms with Crippen molar-refractivity contribution in [1.82, 2.24) is 0 Å². The summed E-state index contributed by atoms with van der Waals surface area (Å²) >= 11 is 0.958. The third-order valence-electron chi connectivity index (χ3n) is 0. The molecule has 0 rings (SSSR count). The summed E-state index contributed by atoms with van der Waals surface area (Å²) in [4.78, 5) is 0. The van der Waals surface area contributed by atoms with Crippen molar-refractivity contribution in [2.75, 3.05) is 0 Å². The Kier molecular flexibility index (Phi) is 72.3. The molecule has 20 valence electrons. The van der Waals surface area contributed by atoms with Gasteiger partial charge in [0.05, 0.1) is 0 Å². The fourth-order valence-electron chi connectivity index (χ4n) is 0. The molecule has 0 atom stereocenters. The molecule has 0 bridgehead atoms. The Morgan fingerprint density at radius 3 is 1.25 bits per heavy atom. The van der Waals surface area contributed by atoms with Gasteiger partial charge in [-0.05, 0) is 0 Å². The Balaban J connectivity index is -0.00000000500. The van der Waals surface area contributed by atoms with Gasteiger partial charge in [0, 0.05) is 21.1 Å². The monoisotopic (exact) mass is 404 g/mol. The average Bonchev–Trinajstić information content (AvgIpc) is 1.00. The van der Waals surface area contributed by atoms with E-state index in [1.807, 2.05) is 0 Å². The molecule has 4 heavy (non-hydrogen) atoms. The maximum absolute atomic E-state index is 4.21. The molecule has 4 heteroatoms. The molecule has 0 nitrogen and oxygen atoms in total. The Morgan fingerprint density at radius 2 is 1.25 bits per heavy atom. The quantitative estimate of drug-likeness (QED) is 0.503. The number of hydrogen-bond acceptors (Lipinski definition) is 1. The molecule has 0 saturated carbocycles. The van der Waals surface area contributed by atoms with Crippen molar-refractivity contribution >= 4 is 37.4 Å². The van der Waals surface area contributed by atoms with Gasteiger partial charge in [-0.1, -0.05) is 0 Å². The number of hydrogen-bond donors (Lipinski definition) is 0. The van der Waals surface area contributed by atoms with Gasteiger partial charge in [-0.25, -0.2) is 0 Å². The van der Waals surface area contributed by atoms with Crippen LogP contribution in [0.4, 0.5) is 0 Å². The van der Waals surface area contributed by atoms with Crippen LogP contribution in [-0.2, 0) is 37.6 Å². The zero-order valence-electron chi connectivity index (χ0n) is 2.23. The SMILES string of the molecule is [Mo].[PbH2].[S]=[Zn]. The summed E-state index contributed by atoms with van der Waals surface area (Å²) in [6.45, 7) is 0. The fourth-order valence-corrected chi connectivity index (χ4v) is 0. The minimum absolute atomic E-state index is 0. The Labute approximate surface area is 73.8 Å². The predicted molar refractivity (Wildman–Crippen MR) is 16.1 cm³/mol. The fraction of sp³-hybridized carbons (Fsp3) is 0. The number of rotatable bonds is 0. The van der Waals surface area contributed by atoms with E-state index in [1.165, 1.54) is 0 Å². The normalized spacial score (nSPS) is 1.50. The van der Waals surface area contributed by atoms with Crippen molar-refractivity contribution in [3.63, 3.8) is 0 Å². The van der Waals surface area contributed by atoms with Gasteiger partial charge in [0.15, 0.2) is 0 Å². The first-order chi connectivity index (χ1) is 1.00. The van der Waals surface area contributed by atoms with E-state index < -0.39 is 0 Å². The van der Waals surface area contributed by atoms with E-state index in [4.69, 9.17) is 0 Å². The minimum atomic E-state index is 0. The third kappa shape index (κ3) is 8.82. The molecule has 0 N–H and O–H groups in total. The van der Waals surface area contributed by atoms with Crippen molar-refractivity contribution in [1.29, 1.82) is 0 Å². The molecule has 0 fully saturated rings. The molecule has 0 aromatic carbocycles. The van der Waals surface area contributed by atoms with Crippen LogP contribution >= 0.6 is 10.1 Å². The molecular weight excluding hydrogens is 401 g/mol. The zero-order valence-corrected chi connectivity index (χ0v) is 13.5. The van der Waals surface area contributed by atoms with Crippen LogP contribution in [0.1, 0.15) is 0 Å². The maximum atomic E-state index is 4.21. The Morgan fingerprint density at radius 1 is 1.25 bits per heavy atom. The van der Waals surface area contributed by atoms with E-state index >= 15 is 0 Å². The molecule has 0 amide bonds. The van der Waals surface area contributed by atoms with Crippen molar-refractivity contribution in [3.05, 3.63) is 0 Å². The molecule has 0 heterocycles. The van der Waals surface area contributed by atoms with Crippen LogP contribution < -0.4 is 0 Å². The zero-order chi connectivity index (χ0) is 2.00. The van der Waals surface area contributed by atoms with Crippen LogP contribution in [0.25, 0.3) is 0 Å². The summed E-state index contributed by atoms with van der Waals surface area (Å²) in [5, 5.41) is 0. The van der Waals surface area contributed by atoms with Crippen LogP contribution in [0, 0.1) is 0 Å². The van der Waals surface area contributed by atoms with E-state index in [0.717, 1.165) is 16.6 Å². The van der Waals surface area contributed by atoms with Crippen molar-refractivity contribution in [3.8, 4) is 0 Å². The van der Waals surface area contributed by atoms with Gasteiger partial charge in [-0.3, -0.25) is 0 Å². The first-order valence-corrected chi connectivity index (χ1v) is 4.50. The molecule has 0 spiro atoms. The molecule has 0 aliphatic carbocycles. The van der Waals surface area contributed by atoms with E-state index in [1.54, 1.807) is 0 Å². The van der Waals surface area contributed by atoms with Crippen LogP contribution in [-0.4, -0.2) is 27.3 Å². The first-order valence-electron chi connectivity index (χ1n) is 0.289. The summed E-state index contributed by atoms with van der Waals surface area (Å²) in [6, 6.07) is 0. The summed E-state index contributed by atoms with van der Waals surface area (Å²) in [5.74, 6) is 0. The van der Waals surface area contributed by atoms with Gasteiger partial charge in [0.25, 0.3) is 0 Å². The van der Waals surface area contributed by atoms with Gasteiger partial charge in [-0.15, -0.1) is 0 Å². The van der Waals surface area contributed by atoms with Gasteiger partial charge in [-0.2, -0.15) is 0 Å². The van der Waals surface area contributed by atoms with Crippen LogP contribution in [0.2, 0.25) is 0 Å². The van der Waals surface area contributed by atoms with E-state index in [2.05, 4.69) is 10.1 Å². The van der Waals surface area contributed by atoms with Gasteiger partial charge in [0.2, 0.25) is 0 Å². The van der Waals surface area contributed by atoms with Crippen LogP contribution in [0.5, 0.6) is 0 Å². The third-order valence-corrected chi connectivity index (χ3v) is 0. The summed E-state index contributed by atoms with van der Waals surface area (Å²) in [5.41, 5.74) is 0.